The number of rotatable bonds is 2. The van der Waals surface area contributed by atoms with Crippen molar-refractivity contribution in [1.29, 1.82) is 0 Å². The van der Waals surface area contributed by atoms with Crippen LogP contribution in [0.4, 0.5) is 5.69 Å². The molecule has 1 heterocycles. The maximum absolute atomic E-state index is 5.70. The van der Waals surface area contributed by atoms with Gasteiger partial charge in [0.1, 0.15) is 0 Å². The molecular weight excluding hydrogens is 138 g/mol. The lowest BCUT2D eigenvalue weighted by Gasteiger charge is -2.10. The summed E-state index contributed by atoms with van der Waals surface area (Å²) in [4.78, 5) is 6.05. The van der Waals surface area contributed by atoms with Crippen molar-refractivity contribution in [3.8, 4) is 0 Å². The molecule has 0 amide bonds. The van der Waals surface area contributed by atoms with Crippen LogP contribution in [0.15, 0.2) is 18.5 Å². The summed E-state index contributed by atoms with van der Waals surface area (Å²) in [5, 5.41) is 0. The Labute approximate surface area is 66.8 Å². The maximum Gasteiger partial charge on any atom is 0.0390 e. The third-order valence-corrected chi connectivity index (χ3v) is 1.43. The molecule has 3 heteroatoms. The Morgan fingerprint density at radius 1 is 1.55 bits per heavy atom. The van der Waals surface area contributed by atoms with Gasteiger partial charge in [0, 0.05) is 30.2 Å². The Morgan fingerprint density at radius 2 is 2.27 bits per heavy atom. The van der Waals surface area contributed by atoms with Crippen LogP contribution in [-0.2, 0) is 6.54 Å². The van der Waals surface area contributed by atoms with Crippen LogP contribution in [-0.4, -0.2) is 24.0 Å². The third-order valence-electron chi connectivity index (χ3n) is 1.43. The first-order valence-electron chi connectivity index (χ1n) is 3.53. The first-order chi connectivity index (χ1) is 5.20. The molecule has 1 rings (SSSR count). The van der Waals surface area contributed by atoms with Gasteiger partial charge in [-0.3, -0.25) is 4.98 Å². The van der Waals surface area contributed by atoms with Gasteiger partial charge in [-0.05, 0) is 20.2 Å². The van der Waals surface area contributed by atoms with Crippen molar-refractivity contribution in [2.45, 2.75) is 6.54 Å². The lowest BCUT2D eigenvalue weighted by Crippen LogP contribution is -2.12. The average Bonchev–Trinajstić information content (AvgIpc) is 1.93. The van der Waals surface area contributed by atoms with Crippen molar-refractivity contribution >= 4 is 5.69 Å². The highest BCUT2D eigenvalue weighted by Crippen LogP contribution is 2.09. The van der Waals surface area contributed by atoms with Crippen molar-refractivity contribution in [2.24, 2.45) is 0 Å². The molecule has 0 saturated heterocycles. The first kappa shape index (κ1) is 8.01. The molecule has 0 aliphatic heterocycles. The molecule has 0 bridgehead atoms. The minimum Gasteiger partial charge on any atom is -0.398 e. The number of nitrogen functional groups attached to an aromatic ring is 1. The summed E-state index contributed by atoms with van der Waals surface area (Å²) in [6.07, 6.45) is 3.50. The van der Waals surface area contributed by atoms with Crippen molar-refractivity contribution in [3.63, 3.8) is 0 Å². The molecule has 0 unspecified atom stereocenters. The molecule has 1 aromatic heterocycles. The van der Waals surface area contributed by atoms with Crippen LogP contribution < -0.4 is 5.73 Å². The monoisotopic (exact) mass is 151 g/mol. The number of pyridine rings is 1. The Kier molecular flexibility index (Phi) is 2.44. The second kappa shape index (κ2) is 3.34. The van der Waals surface area contributed by atoms with Gasteiger partial charge in [0.15, 0.2) is 0 Å². The molecule has 0 aliphatic carbocycles. The number of aromatic nitrogens is 1. The van der Waals surface area contributed by atoms with Gasteiger partial charge < -0.3 is 10.6 Å². The van der Waals surface area contributed by atoms with E-state index in [1.807, 2.05) is 20.2 Å². The Bertz CT molecular complexity index is 233. The molecule has 11 heavy (non-hydrogen) atoms. The lowest BCUT2D eigenvalue weighted by atomic mass is 10.2. The van der Waals surface area contributed by atoms with E-state index in [9.17, 15) is 0 Å². The largest absolute Gasteiger partial charge is 0.398 e. The fraction of sp³-hybridized carbons (Fsp3) is 0.375. The van der Waals surface area contributed by atoms with Crippen LogP contribution in [0.3, 0.4) is 0 Å². The first-order valence-corrected chi connectivity index (χ1v) is 3.53. The Balaban J connectivity index is 2.78. The van der Waals surface area contributed by atoms with Crippen LogP contribution in [0.2, 0.25) is 0 Å². The molecule has 0 saturated carbocycles. The molecule has 0 spiro atoms. The van der Waals surface area contributed by atoms with Crippen LogP contribution in [0.25, 0.3) is 0 Å². The third kappa shape index (κ3) is 2.20. The van der Waals surface area contributed by atoms with Gasteiger partial charge in [-0.15, -0.1) is 0 Å². The standard InChI is InChI=1S/C8H13N3/c1-11(2)6-7-5-10-4-3-8(7)9/h3-5H,6H2,1-2H3,(H2,9,10). The number of nitrogens with two attached hydrogens (primary N) is 1. The van der Waals surface area contributed by atoms with E-state index in [0.29, 0.717) is 0 Å². The molecule has 2 N–H and O–H groups in total. The fourth-order valence-electron chi connectivity index (χ4n) is 0.911. The van der Waals surface area contributed by atoms with E-state index in [4.69, 9.17) is 5.73 Å². The lowest BCUT2D eigenvalue weighted by molar-refractivity contribution is 0.402. The van der Waals surface area contributed by atoms with Crippen LogP contribution >= 0.6 is 0 Å². The van der Waals surface area contributed by atoms with Crippen molar-refractivity contribution in [3.05, 3.63) is 24.0 Å². The summed E-state index contributed by atoms with van der Waals surface area (Å²) >= 11 is 0. The van der Waals surface area contributed by atoms with E-state index in [2.05, 4.69) is 9.88 Å². The van der Waals surface area contributed by atoms with Crippen LogP contribution in [0, 0.1) is 0 Å². The summed E-state index contributed by atoms with van der Waals surface area (Å²) in [5.74, 6) is 0. The average molecular weight is 151 g/mol. The van der Waals surface area contributed by atoms with Gasteiger partial charge in [0.05, 0.1) is 0 Å². The molecule has 60 valence electrons. The summed E-state index contributed by atoms with van der Waals surface area (Å²) in [5.41, 5.74) is 7.60. The summed E-state index contributed by atoms with van der Waals surface area (Å²) in [6, 6.07) is 1.82. The van der Waals surface area contributed by atoms with Crippen molar-refractivity contribution in [2.75, 3.05) is 19.8 Å². The molecule has 0 aliphatic rings. The normalized spacial score (nSPS) is 10.5. The minimum atomic E-state index is 0.814. The highest BCUT2D eigenvalue weighted by molar-refractivity contribution is 5.43. The highest BCUT2D eigenvalue weighted by atomic mass is 15.1. The van der Waals surface area contributed by atoms with Gasteiger partial charge in [-0.25, -0.2) is 0 Å². The smallest absolute Gasteiger partial charge is 0.0390 e. The van der Waals surface area contributed by atoms with Crippen LogP contribution in [0.1, 0.15) is 5.56 Å². The maximum atomic E-state index is 5.70. The number of anilines is 1. The van der Waals surface area contributed by atoms with Gasteiger partial charge in [-0.1, -0.05) is 0 Å². The number of hydrogen-bond acceptors (Lipinski definition) is 3. The van der Waals surface area contributed by atoms with Crippen molar-refractivity contribution < 1.29 is 0 Å². The second-order valence-corrected chi connectivity index (χ2v) is 2.81. The van der Waals surface area contributed by atoms with Gasteiger partial charge >= 0.3 is 0 Å². The zero-order valence-corrected chi connectivity index (χ0v) is 6.91. The number of hydrogen-bond donors (Lipinski definition) is 1. The quantitative estimate of drug-likeness (QED) is 0.677. The van der Waals surface area contributed by atoms with E-state index in [1.165, 1.54) is 0 Å². The van der Waals surface area contributed by atoms with Gasteiger partial charge in [0.25, 0.3) is 0 Å². The zero-order valence-electron chi connectivity index (χ0n) is 6.91. The SMILES string of the molecule is CN(C)Cc1cnccc1N. The Hall–Kier alpha value is -1.09. The summed E-state index contributed by atoms with van der Waals surface area (Å²) in [7, 11) is 4.01. The summed E-state index contributed by atoms with van der Waals surface area (Å²) in [6.45, 7) is 0.847. The second-order valence-electron chi connectivity index (χ2n) is 2.81. The predicted molar refractivity (Wildman–Crippen MR) is 46.0 cm³/mol. The summed E-state index contributed by atoms with van der Waals surface area (Å²) < 4.78 is 0. The predicted octanol–water partition coefficient (Wildman–Crippen LogP) is 0.725. The molecule has 3 nitrogen and oxygen atoms in total. The zero-order chi connectivity index (χ0) is 8.27. The van der Waals surface area contributed by atoms with E-state index in [-0.39, 0.29) is 0 Å². The van der Waals surface area contributed by atoms with Crippen molar-refractivity contribution in [1.82, 2.24) is 9.88 Å². The molecule has 0 aromatic carbocycles. The molecule has 1 aromatic rings. The minimum absolute atomic E-state index is 0.814. The molecule has 0 fully saturated rings. The number of nitrogens with zero attached hydrogens (tertiary/aromatic N) is 2. The van der Waals surface area contributed by atoms with E-state index in [0.717, 1.165) is 17.8 Å². The van der Waals surface area contributed by atoms with E-state index < -0.39 is 0 Å². The Morgan fingerprint density at radius 3 is 2.82 bits per heavy atom. The molecule has 0 atom stereocenters. The molecule has 0 radical (unpaired) electrons. The van der Waals surface area contributed by atoms with Crippen LogP contribution in [0.5, 0.6) is 0 Å². The van der Waals surface area contributed by atoms with Gasteiger partial charge in [-0.2, -0.15) is 0 Å². The topological polar surface area (TPSA) is 42.2 Å². The van der Waals surface area contributed by atoms with E-state index in [1.54, 1.807) is 12.4 Å². The molecular formula is C8H13N3. The van der Waals surface area contributed by atoms with E-state index >= 15 is 0 Å². The van der Waals surface area contributed by atoms with Gasteiger partial charge in [0.2, 0.25) is 0 Å². The highest BCUT2D eigenvalue weighted by Gasteiger charge is 1.98. The fourth-order valence-corrected chi connectivity index (χ4v) is 0.911.